The van der Waals surface area contributed by atoms with Crippen LogP contribution in [0.5, 0.6) is 0 Å². The second-order valence-corrected chi connectivity index (χ2v) is 11.6. The van der Waals surface area contributed by atoms with Gasteiger partial charge in [-0.2, -0.15) is 0 Å². The van der Waals surface area contributed by atoms with E-state index in [1.807, 2.05) is 0 Å². The van der Waals surface area contributed by atoms with Crippen LogP contribution in [0, 0.1) is 0 Å². The summed E-state index contributed by atoms with van der Waals surface area (Å²) < 4.78 is 28.0. The molecule has 2 atom stereocenters. The Morgan fingerprint density at radius 3 is 2.66 bits per heavy atom. The highest BCUT2D eigenvalue weighted by molar-refractivity contribution is 7.88. The van der Waals surface area contributed by atoms with Crippen molar-refractivity contribution in [3.05, 3.63) is 52.5 Å². The molecule has 0 bridgehead atoms. The van der Waals surface area contributed by atoms with Gasteiger partial charge in [-0.15, -0.1) is 11.3 Å². The highest BCUT2D eigenvalue weighted by Gasteiger charge is 2.32. The van der Waals surface area contributed by atoms with Crippen LogP contribution in [0.15, 0.2) is 46.9 Å². The van der Waals surface area contributed by atoms with E-state index in [1.165, 1.54) is 22.4 Å². The van der Waals surface area contributed by atoms with Gasteiger partial charge in [-0.25, -0.2) is 18.1 Å². The molecule has 6 N–H and O–H groups in total. The molecule has 2 amide bonds. The van der Waals surface area contributed by atoms with Crippen LogP contribution in [0.4, 0.5) is 0 Å². The predicted octanol–water partition coefficient (Wildman–Crippen LogP) is 0.365. The minimum Gasteiger partial charge on any atom is -0.370 e. The smallest absolute Gasteiger partial charge is 0.241 e. The second kappa shape index (κ2) is 14.0. The Bertz CT molecular complexity index is 1220. The second-order valence-electron chi connectivity index (χ2n) is 8.94. The number of Topliss-reactive ketones (excluding diaryl/α,β-unsaturated/α-hetero) is 1. The zero-order valence-electron chi connectivity index (χ0n) is 20.9. The summed E-state index contributed by atoms with van der Waals surface area (Å²) in [6.07, 6.45) is 3.80. The molecule has 0 spiro atoms. The standard InChI is InChI=1S/C24H33N7O5S2/c25-24(26)28-11-6-10-18(21(33)22-27-12-14-37-22)29-20(32)15-31-13-5-4-9-19(23(31)34)30-38(35,36)16-17-7-2-1-3-8-17/h1-3,7-8,12,14,18-19,30H,4-6,9-11,13,15-16H2,(H,29,32)(H4,25,26,28)/t18-,19-/m0/s1. The van der Waals surface area contributed by atoms with Gasteiger partial charge in [0, 0.05) is 24.7 Å². The number of ketones is 1. The SMILES string of the molecule is NC(N)=NCCC[C@H](NC(=O)CN1CCCC[C@H](NS(=O)(=O)Cc2ccccc2)C1=O)C(=O)c1nccs1. The number of rotatable bonds is 13. The lowest BCUT2D eigenvalue weighted by molar-refractivity contribution is -0.137. The summed E-state index contributed by atoms with van der Waals surface area (Å²) in [5.74, 6) is -1.65. The molecule has 2 aromatic rings. The molecule has 0 radical (unpaired) electrons. The first-order valence-electron chi connectivity index (χ1n) is 12.3. The molecular formula is C24H33N7O5S2. The van der Waals surface area contributed by atoms with Gasteiger partial charge in [0.25, 0.3) is 0 Å². The van der Waals surface area contributed by atoms with E-state index >= 15 is 0 Å². The highest BCUT2D eigenvalue weighted by atomic mass is 32.2. The van der Waals surface area contributed by atoms with E-state index in [0.717, 1.165) is 0 Å². The first-order chi connectivity index (χ1) is 18.1. The first kappa shape index (κ1) is 29.2. The number of aliphatic imine (C=N–C) groups is 1. The van der Waals surface area contributed by atoms with Gasteiger partial charge in [0.1, 0.15) is 6.04 Å². The van der Waals surface area contributed by atoms with Crippen molar-refractivity contribution in [1.82, 2.24) is 19.9 Å². The number of nitrogens with two attached hydrogens (primary N) is 2. The van der Waals surface area contributed by atoms with Gasteiger partial charge in [0.15, 0.2) is 11.0 Å². The minimum absolute atomic E-state index is 0.0644. The van der Waals surface area contributed by atoms with Crippen LogP contribution in [-0.2, 0) is 25.4 Å². The number of guanidine groups is 1. The van der Waals surface area contributed by atoms with E-state index in [1.54, 1.807) is 35.7 Å². The predicted molar refractivity (Wildman–Crippen MR) is 145 cm³/mol. The number of aromatic nitrogens is 1. The molecule has 1 saturated heterocycles. The molecule has 1 aromatic carbocycles. The molecule has 1 aromatic heterocycles. The van der Waals surface area contributed by atoms with Crippen molar-refractivity contribution in [2.45, 2.75) is 49.9 Å². The van der Waals surface area contributed by atoms with Crippen LogP contribution in [0.1, 0.15) is 47.5 Å². The van der Waals surface area contributed by atoms with Gasteiger partial charge in [-0.1, -0.05) is 30.3 Å². The molecule has 38 heavy (non-hydrogen) atoms. The Morgan fingerprint density at radius 1 is 1.21 bits per heavy atom. The normalized spacial score (nSPS) is 16.9. The average molecular weight is 564 g/mol. The number of sulfonamides is 1. The van der Waals surface area contributed by atoms with Crippen LogP contribution >= 0.6 is 11.3 Å². The third-order valence-corrected chi connectivity index (χ3v) is 8.02. The number of benzene rings is 1. The molecule has 0 unspecified atom stereocenters. The minimum atomic E-state index is -3.79. The van der Waals surface area contributed by atoms with E-state index in [4.69, 9.17) is 11.5 Å². The number of thiazole rings is 1. The van der Waals surface area contributed by atoms with Crippen LogP contribution in [0.2, 0.25) is 0 Å². The van der Waals surface area contributed by atoms with E-state index < -0.39 is 33.9 Å². The summed E-state index contributed by atoms with van der Waals surface area (Å²) in [5.41, 5.74) is 11.3. The molecule has 0 aliphatic carbocycles. The van der Waals surface area contributed by atoms with Crippen LogP contribution < -0.4 is 21.5 Å². The van der Waals surface area contributed by atoms with E-state index in [-0.39, 0.29) is 42.0 Å². The van der Waals surface area contributed by atoms with Crippen molar-refractivity contribution in [2.75, 3.05) is 19.6 Å². The lowest BCUT2D eigenvalue weighted by Gasteiger charge is -2.25. The lowest BCUT2D eigenvalue weighted by Crippen LogP contribution is -2.51. The van der Waals surface area contributed by atoms with Crippen molar-refractivity contribution < 1.29 is 22.8 Å². The fourth-order valence-electron chi connectivity index (χ4n) is 4.10. The Hall–Kier alpha value is -3.36. The number of nitrogens with one attached hydrogen (secondary N) is 2. The number of carbonyl (C=O) groups is 3. The molecule has 0 saturated carbocycles. The maximum atomic E-state index is 13.2. The molecule has 1 aliphatic rings. The fourth-order valence-corrected chi connectivity index (χ4v) is 6.10. The lowest BCUT2D eigenvalue weighted by atomic mass is 10.1. The zero-order chi connectivity index (χ0) is 27.5. The summed E-state index contributed by atoms with van der Waals surface area (Å²) in [4.78, 5) is 48.3. The Labute approximate surface area is 225 Å². The van der Waals surface area contributed by atoms with Crippen LogP contribution in [0.3, 0.4) is 0 Å². The Kier molecular flexibility index (Phi) is 10.7. The van der Waals surface area contributed by atoms with Crippen molar-refractivity contribution in [1.29, 1.82) is 0 Å². The quantitative estimate of drug-likeness (QED) is 0.116. The van der Waals surface area contributed by atoms with Gasteiger partial charge in [-0.3, -0.25) is 19.4 Å². The van der Waals surface area contributed by atoms with Crippen molar-refractivity contribution in [3.8, 4) is 0 Å². The van der Waals surface area contributed by atoms with Crippen LogP contribution in [0.25, 0.3) is 0 Å². The van der Waals surface area contributed by atoms with Crippen molar-refractivity contribution >= 4 is 44.9 Å². The topological polar surface area (TPSA) is 190 Å². The maximum absolute atomic E-state index is 13.2. The Morgan fingerprint density at radius 2 is 1.97 bits per heavy atom. The molecule has 12 nitrogen and oxygen atoms in total. The molecule has 1 aliphatic heterocycles. The number of carbonyl (C=O) groups excluding carboxylic acids is 3. The number of hydrogen-bond donors (Lipinski definition) is 4. The summed E-state index contributed by atoms with van der Waals surface area (Å²) in [6.45, 7) is 0.291. The van der Waals surface area contributed by atoms with Gasteiger partial charge >= 0.3 is 0 Å². The van der Waals surface area contributed by atoms with Crippen LogP contribution in [-0.4, -0.2) is 73.6 Å². The third kappa shape index (κ3) is 9.19. The summed E-state index contributed by atoms with van der Waals surface area (Å²) in [5, 5.41) is 4.64. The van der Waals surface area contributed by atoms with Gasteiger partial charge in [0.2, 0.25) is 27.6 Å². The van der Waals surface area contributed by atoms with Gasteiger partial charge < -0.3 is 21.7 Å². The number of nitrogens with zero attached hydrogens (tertiary/aromatic N) is 3. The molecular weight excluding hydrogens is 530 g/mol. The monoisotopic (exact) mass is 563 g/mol. The summed E-state index contributed by atoms with van der Waals surface area (Å²) in [7, 11) is -3.79. The van der Waals surface area contributed by atoms with Crippen molar-refractivity contribution in [3.63, 3.8) is 0 Å². The summed E-state index contributed by atoms with van der Waals surface area (Å²) in [6, 6.07) is 6.85. The number of hydrogen-bond acceptors (Lipinski definition) is 8. The van der Waals surface area contributed by atoms with E-state index in [9.17, 15) is 22.8 Å². The first-order valence-corrected chi connectivity index (χ1v) is 14.8. The van der Waals surface area contributed by atoms with Gasteiger partial charge in [-0.05, 0) is 37.7 Å². The number of amides is 2. The van der Waals surface area contributed by atoms with E-state index in [2.05, 4.69) is 20.0 Å². The largest absolute Gasteiger partial charge is 0.370 e. The molecule has 206 valence electrons. The van der Waals surface area contributed by atoms with E-state index in [0.29, 0.717) is 37.8 Å². The third-order valence-electron chi connectivity index (χ3n) is 5.88. The maximum Gasteiger partial charge on any atom is 0.241 e. The highest BCUT2D eigenvalue weighted by Crippen LogP contribution is 2.15. The molecule has 3 rings (SSSR count). The fraction of sp³-hybridized carbons (Fsp3) is 0.458. The molecule has 2 heterocycles. The summed E-state index contributed by atoms with van der Waals surface area (Å²) >= 11 is 1.17. The number of likely N-dealkylation sites (tertiary alicyclic amines) is 1. The zero-order valence-corrected chi connectivity index (χ0v) is 22.5. The average Bonchev–Trinajstić information content (AvgIpc) is 3.36. The molecule has 1 fully saturated rings. The molecule has 14 heteroatoms. The van der Waals surface area contributed by atoms with Crippen molar-refractivity contribution in [2.24, 2.45) is 16.5 Å². The Balaban J connectivity index is 1.63. The van der Waals surface area contributed by atoms with Gasteiger partial charge in [0.05, 0.1) is 18.3 Å².